The van der Waals surface area contributed by atoms with Crippen LogP contribution < -0.4 is 15.4 Å². The fourth-order valence-electron chi connectivity index (χ4n) is 6.01. The summed E-state index contributed by atoms with van der Waals surface area (Å²) in [7, 11) is 0. The van der Waals surface area contributed by atoms with E-state index in [1.165, 1.54) is 4.90 Å². The number of carbonyl (C=O) groups is 4. The topological polar surface area (TPSA) is 157 Å². The molecule has 3 aliphatic rings. The van der Waals surface area contributed by atoms with Crippen molar-refractivity contribution in [2.24, 2.45) is 11.8 Å². The Morgan fingerprint density at radius 3 is 2.47 bits per heavy atom. The van der Waals surface area contributed by atoms with E-state index in [1.807, 2.05) is 42.6 Å². The van der Waals surface area contributed by atoms with Gasteiger partial charge in [0.1, 0.15) is 31.2 Å². The van der Waals surface area contributed by atoms with Gasteiger partial charge in [0.15, 0.2) is 0 Å². The smallest absolute Gasteiger partial charge is 0.254 e. The van der Waals surface area contributed by atoms with Crippen LogP contribution in [0.15, 0.2) is 66.9 Å². The highest BCUT2D eigenvalue weighted by Gasteiger charge is 2.34. The number of nitrogens with one attached hydrogen (secondary N) is 2. The number of ether oxygens (including phenoxy) is 3. The second-order valence-electron chi connectivity index (χ2n) is 12.2. The molecular weight excluding hydrogens is 630 g/mol. The van der Waals surface area contributed by atoms with Crippen molar-refractivity contribution < 1.29 is 33.4 Å². The van der Waals surface area contributed by atoms with E-state index in [4.69, 9.17) is 14.2 Å². The van der Waals surface area contributed by atoms with Gasteiger partial charge in [-0.2, -0.15) is 0 Å². The quantitative estimate of drug-likeness (QED) is 0.355. The summed E-state index contributed by atoms with van der Waals surface area (Å²) in [6, 6.07) is 18.3. The summed E-state index contributed by atoms with van der Waals surface area (Å²) in [5, 5.41) is 14.2. The van der Waals surface area contributed by atoms with Crippen molar-refractivity contribution in [3.8, 4) is 5.75 Å². The van der Waals surface area contributed by atoms with Gasteiger partial charge in [-0.15, -0.1) is 5.10 Å². The fourth-order valence-corrected chi connectivity index (χ4v) is 6.01. The SMILES string of the molecule is O=C1COCCOCCNC(=O)C[C@@H]2CCN(C[C@@H]2CCn2cc(COc3ccccc3)nn2)C(=O)CN(C(=O)c2ccccc2)CCN1. The molecule has 1 aromatic heterocycles. The van der Waals surface area contributed by atoms with Crippen LogP contribution in [0.2, 0.25) is 0 Å². The first-order chi connectivity index (χ1) is 23.9. The monoisotopic (exact) mass is 675 g/mol. The summed E-state index contributed by atoms with van der Waals surface area (Å²) in [4.78, 5) is 55.8. The maximum absolute atomic E-state index is 13.8. The summed E-state index contributed by atoms with van der Waals surface area (Å²) in [6.45, 7) is 2.98. The predicted octanol–water partition coefficient (Wildman–Crippen LogP) is 1.52. The van der Waals surface area contributed by atoms with E-state index in [-0.39, 0.29) is 81.5 Å². The maximum atomic E-state index is 13.8. The van der Waals surface area contributed by atoms with E-state index in [9.17, 15) is 19.2 Å². The third kappa shape index (κ3) is 11.4. The van der Waals surface area contributed by atoms with Gasteiger partial charge in [-0.1, -0.05) is 41.6 Å². The standard InChI is InChI=1S/C35H45N7O7/c43-32-21-28-11-15-40(22-29(28)12-16-42-23-30(38-39-42)25-49-31-9-5-2-6-10-31)34(45)24-41(35(46)27-7-3-1-4-8-27)17-13-36-33(44)26-48-20-19-47-18-14-37-32/h1-10,23,28-29H,11-22,24-26H2,(H,36,44)(H,37,43)/t28-,29-/m0/s1. The van der Waals surface area contributed by atoms with Crippen LogP contribution in [0.5, 0.6) is 5.75 Å². The molecule has 0 spiro atoms. The van der Waals surface area contributed by atoms with Crippen molar-refractivity contribution >= 4 is 23.6 Å². The molecule has 4 amide bonds. The molecule has 3 aliphatic heterocycles. The Morgan fingerprint density at radius 2 is 1.65 bits per heavy atom. The number of rotatable bonds is 7. The fraction of sp³-hybridized carbons (Fsp3) is 0.486. The molecular formula is C35H45N7O7. The minimum atomic E-state index is -0.329. The van der Waals surface area contributed by atoms with E-state index < -0.39 is 0 Å². The number of hydrogen-bond acceptors (Lipinski definition) is 9. The molecule has 2 N–H and O–H groups in total. The van der Waals surface area contributed by atoms with Crippen molar-refractivity contribution in [3.63, 3.8) is 0 Å². The van der Waals surface area contributed by atoms with Gasteiger partial charge < -0.3 is 34.6 Å². The average Bonchev–Trinajstić information content (AvgIpc) is 3.59. The maximum Gasteiger partial charge on any atom is 0.254 e. The molecule has 0 radical (unpaired) electrons. The van der Waals surface area contributed by atoms with Gasteiger partial charge in [-0.25, -0.2) is 0 Å². The first-order valence-corrected chi connectivity index (χ1v) is 16.8. The van der Waals surface area contributed by atoms with Gasteiger partial charge in [0.2, 0.25) is 17.7 Å². The Balaban J connectivity index is 1.26. The van der Waals surface area contributed by atoms with Crippen molar-refractivity contribution in [2.45, 2.75) is 32.4 Å². The van der Waals surface area contributed by atoms with Gasteiger partial charge in [-0.3, -0.25) is 23.9 Å². The van der Waals surface area contributed by atoms with Crippen molar-refractivity contribution in [1.82, 2.24) is 35.4 Å². The minimum Gasteiger partial charge on any atom is -0.487 e. The highest BCUT2D eigenvalue weighted by atomic mass is 16.5. The molecule has 3 fully saturated rings. The lowest BCUT2D eigenvalue weighted by Gasteiger charge is -2.39. The normalized spacial score (nSPS) is 20.6. The number of para-hydroxylation sites is 1. The van der Waals surface area contributed by atoms with Gasteiger partial charge in [0.05, 0.1) is 26.0 Å². The number of hydrogen-bond donors (Lipinski definition) is 2. The van der Waals surface area contributed by atoms with Crippen LogP contribution in [0.3, 0.4) is 0 Å². The third-order valence-corrected chi connectivity index (χ3v) is 8.65. The van der Waals surface area contributed by atoms with Crippen LogP contribution in [0.1, 0.15) is 35.3 Å². The molecule has 3 saturated heterocycles. The van der Waals surface area contributed by atoms with Crippen LogP contribution in [0, 0.1) is 11.8 Å². The van der Waals surface area contributed by atoms with Crippen LogP contribution in [-0.4, -0.2) is 114 Å². The first kappa shape index (κ1) is 35.5. The molecule has 6 rings (SSSR count). The highest BCUT2D eigenvalue weighted by molar-refractivity contribution is 5.96. The average molecular weight is 676 g/mol. The van der Waals surface area contributed by atoms with Gasteiger partial charge >= 0.3 is 0 Å². The number of nitrogens with zero attached hydrogens (tertiary/aromatic N) is 5. The third-order valence-electron chi connectivity index (χ3n) is 8.65. The van der Waals surface area contributed by atoms with E-state index in [1.54, 1.807) is 33.8 Å². The number of piperidine rings is 1. The lowest BCUT2D eigenvalue weighted by Crippen LogP contribution is -2.50. The lowest BCUT2D eigenvalue weighted by molar-refractivity contribution is -0.135. The van der Waals surface area contributed by atoms with Crippen LogP contribution in [0.25, 0.3) is 0 Å². The molecule has 14 heteroatoms. The van der Waals surface area contributed by atoms with Gasteiger partial charge in [-0.05, 0) is 48.9 Å². The summed E-state index contributed by atoms with van der Waals surface area (Å²) in [5.41, 5.74) is 1.16. The molecule has 262 valence electrons. The molecule has 0 aliphatic carbocycles. The molecule has 2 aromatic carbocycles. The van der Waals surface area contributed by atoms with Crippen LogP contribution in [0.4, 0.5) is 0 Å². The molecule has 49 heavy (non-hydrogen) atoms. The number of amides is 4. The summed E-state index contributed by atoms with van der Waals surface area (Å²) in [6.07, 6.45) is 3.50. The molecule has 14 nitrogen and oxygen atoms in total. The lowest BCUT2D eigenvalue weighted by atomic mass is 9.81. The second kappa shape index (κ2) is 18.7. The van der Waals surface area contributed by atoms with E-state index in [0.717, 1.165) is 5.75 Å². The van der Waals surface area contributed by atoms with Gasteiger partial charge in [0, 0.05) is 51.3 Å². The van der Waals surface area contributed by atoms with E-state index >= 15 is 0 Å². The largest absolute Gasteiger partial charge is 0.487 e. The second-order valence-corrected chi connectivity index (χ2v) is 12.2. The predicted molar refractivity (Wildman–Crippen MR) is 178 cm³/mol. The number of benzene rings is 2. The molecule has 2 atom stereocenters. The van der Waals surface area contributed by atoms with Gasteiger partial charge in [0.25, 0.3) is 5.91 Å². The Bertz CT molecular complexity index is 1500. The molecule has 3 aromatic rings. The Morgan fingerprint density at radius 1 is 0.898 bits per heavy atom. The number of aryl methyl sites for hydroxylation is 1. The Hall–Kier alpha value is -4.82. The van der Waals surface area contributed by atoms with Crippen molar-refractivity contribution in [2.75, 3.05) is 65.7 Å². The molecule has 0 unspecified atom stereocenters. The van der Waals surface area contributed by atoms with Crippen molar-refractivity contribution in [1.29, 1.82) is 0 Å². The molecule has 2 bridgehead atoms. The molecule has 4 heterocycles. The number of carbonyl (C=O) groups excluding carboxylic acids is 4. The zero-order valence-corrected chi connectivity index (χ0v) is 27.7. The van der Waals surface area contributed by atoms with E-state index in [0.29, 0.717) is 63.3 Å². The Labute approximate surface area is 286 Å². The molecule has 0 saturated carbocycles. The van der Waals surface area contributed by atoms with E-state index in [2.05, 4.69) is 20.9 Å². The summed E-state index contributed by atoms with van der Waals surface area (Å²) in [5.74, 6) is -0.0703. The summed E-state index contributed by atoms with van der Waals surface area (Å²) >= 11 is 0. The number of aromatic nitrogens is 3. The van der Waals surface area contributed by atoms with Crippen LogP contribution in [-0.2, 0) is 37.0 Å². The number of fused-ring (bicyclic) bond motifs is 18. The van der Waals surface area contributed by atoms with Crippen molar-refractivity contribution in [3.05, 3.63) is 78.1 Å². The first-order valence-electron chi connectivity index (χ1n) is 16.8. The zero-order chi connectivity index (χ0) is 34.3. The Kier molecular flexibility index (Phi) is 13.5. The summed E-state index contributed by atoms with van der Waals surface area (Å²) < 4.78 is 18.5. The minimum absolute atomic E-state index is 0.0109. The zero-order valence-electron chi connectivity index (χ0n) is 27.7. The highest BCUT2D eigenvalue weighted by Crippen LogP contribution is 2.30. The van der Waals surface area contributed by atoms with Crippen LogP contribution >= 0.6 is 0 Å².